The molecular weight excluding hydrogens is 323 g/mol. The third kappa shape index (κ3) is 2.42. The van der Waals surface area contributed by atoms with Gasteiger partial charge >= 0.3 is 0 Å². The summed E-state index contributed by atoms with van der Waals surface area (Å²) in [7, 11) is 0. The normalized spacial score (nSPS) is 10.7. The van der Waals surface area contributed by atoms with Crippen molar-refractivity contribution < 1.29 is 4.39 Å². The van der Waals surface area contributed by atoms with E-state index in [9.17, 15) is 4.39 Å². The molecule has 6 heteroatoms. The highest BCUT2D eigenvalue weighted by Gasteiger charge is 2.07. The minimum atomic E-state index is -0.325. The van der Waals surface area contributed by atoms with E-state index < -0.39 is 0 Å². The number of fused-ring (bicyclic) bond motifs is 1. The predicted octanol–water partition coefficient (Wildman–Crippen LogP) is 3.86. The van der Waals surface area contributed by atoms with Crippen LogP contribution in [0.5, 0.6) is 0 Å². The maximum absolute atomic E-state index is 13.3. The summed E-state index contributed by atoms with van der Waals surface area (Å²) in [5.74, 6) is 0.252. The highest BCUT2D eigenvalue weighted by molar-refractivity contribution is 9.10. The van der Waals surface area contributed by atoms with Crippen molar-refractivity contribution >= 4 is 44.0 Å². The molecule has 1 heterocycles. The summed E-state index contributed by atoms with van der Waals surface area (Å²) in [5.41, 5.74) is 7.76. The molecule has 0 amide bonds. The molecule has 0 unspecified atom stereocenters. The first kappa shape index (κ1) is 12.8. The highest BCUT2D eigenvalue weighted by Crippen LogP contribution is 2.29. The Bertz CT molecular complexity index is 791. The number of hydrogen-bond acceptors (Lipinski definition) is 4. The summed E-state index contributed by atoms with van der Waals surface area (Å²) >= 11 is 3.37. The standard InChI is InChI=1S/C14H10BrFN4/c15-11-3-1-8(16)5-13(11)20-14-10-6-9(17)2-4-12(10)18-7-19-14/h1-7H,17H2,(H,18,19,20). The second-order valence-corrected chi connectivity index (χ2v) is 5.10. The Morgan fingerprint density at radius 3 is 2.80 bits per heavy atom. The van der Waals surface area contributed by atoms with Gasteiger partial charge in [0.2, 0.25) is 0 Å². The molecule has 0 aliphatic carbocycles. The van der Waals surface area contributed by atoms with Crippen molar-refractivity contribution in [3.63, 3.8) is 0 Å². The average molecular weight is 333 g/mol. The van der Waals surface area contributed by atoms with Crippen molar-refractivity contribution in [3.8, 4) is 0 Å². The molecule has 2 aromatic carbocycles. The fourth-order valence-corrected chi connectivity index (χ4v) is 2.24. The minimum absolute atomic E-state index is 0.325. The first-order valence-electron chi connectivity index (χ1n) is 5.86. The Balaban J connectivity index is 2.10. The van der Waals surface area contributed by atoms with Crippen LogP contribution in [0.1, 0.15) is 0 Å². The lowest BCUT2D eigenvalue weighted by atomic mass is 10.2. The van der Waals surface area contributed by atoms with Crippen LogP contribution in [0.2, 0.25) is 0 Å². The lowest BCUT2D eigenvalue weighted by molar-refractivity contribution is 0.628. The summed E-state index contributed by atoms with van der Waals surface area (Å²) < 4.78 is 14.1. The third-order valence-corrected chi connectivity index (χ3v) is 3.53. The molecule has 0 bridgehead atoms. The summed E-state index contributed by atoms with van der Waals surface area (Å²) in [4.78, 5) is 8.37. The van der Waals surface area contributed by atoms with Crippen LogP contribution >= 0.6 is 15.9 Å². The highest BCUT2D eigenvalue weighted by atomic mass is 79.9. The van der Waals surface area contributed by atoms with E-state index in [1.54, 1.807) is 18.2 Å². The Labute approximate surface area is 123 Å². The van der Waals surface area contributed by atoms with Crippen LogP contribution < -0.4 is 11.1 Å². The van der Waals surface area contributed by atoms with Crippen molar-refractivity contribution in [2.45, 2.75) is 0 Å². The van der Waals surface area contributed by atoms with Crippen LogP contribution in [-0.2, 0) is 0 Å². The Kier molecular flexibility index (Phi) is 3.23. The molecule has 4 nitrogen and oxygen atoms in total. The van der Waals surface area contributed by atoms with Gasteiger partial charge in [-0.05, 0) is 52.3 Å². The fraction of sp³-hybridized carbons (Fsp3) is 0. The van der Waals surface area contributed by atoms with Gasteiger partial charge in [0.15, 0.2) is 0 Å². The largest absolute Gasteiger partial charge is 0.399 e. The zero-order valence-corrected chi connectivity index (χ0v) is 11.9. The van der Waals surface area contributed by atoms with Gasteiger partial charge in [0, 0.05) is 15.5 Å². The lowest BCUT2D eigenvalue weighted by Gasteiger charge is -2.10. The van der Waals surface area contributed by atoms with Gasteiger partial charge in [-0.2, -0.15) is 0 Å². The number of nitrogens with zero attached hydrogens (tertiary/aromatic N) is 2. The molecule has 100 valence electrons. The first-order chi connectivity index (χ1) is 9.63. The Morgan fingerprint density at radius 1 is 1.10 bits per heavy atom. The molecule has 0 aliphatic rings. The number of nitrogens with two attached hydrogens (primary N) is 1. The van der Waals surface area contributed by atoms with Crippen molar-refractivity contribution in [3.05, 3.63) is 53.0 Å². The van der Waals surface area contributed by atoms with Gasteiger partial charge in [-0.25, -0.2) is 14.4 Å². The topological polar surface area (TPSA) is 63.8 Å². The van der Waals surface area contributed by atoms with Gasteiger partial charge in [0.1, 0.15) is 18.0 Å². The van der Waals surface area contributed by atoms with E-state index in [0.717, 1.165) is 15.4 Å². The zero-order chi connectivity index (χ0) is 14.1. The van der Waals surface area contributed by atoms with Crippen molar-refractivity contribution in [1.82, 2.24) is 9.97 Å². The number of nitrogen functional groups attached to an aromatic ring is 1. The Hall–Kier alpha value is -2.21. The van der Waals surface area contributed by atoms with Crippen LogP contribution in [0, 0.1) is 5.82 Å². The van der Waals surface area contributed by atoms with Crippen LogP contribution in [-0.4, -0.2) is 9.97 Å². The summed E-state index contributed by atoms with van der Waals surface area (Å²) in [6, 6.07) is 9.78. The second-order valence-electron chi connectivity index (χ2n) is 4.25. The minimum Gasteiger partial charge on any atom is -0.399 e. The van der Waals surface area contributed by atoms with E-state index in [1.807, 2.05) is 6.07 Å². The molecule has 3 N–H and O–H groups in total. The molecule has 0 aliphatic heterocycles. The number of nitrogens with one attached hydrogen (secondary N) is 1. The Morgan fingerprint density at radius 2 is 1.95 bits per heavy atom. The molecule has 0 saturated heterocycles. The number of benzene rings is 2. The van der Waals surface area contributed by atoms with Gasteiger partial charge in [0.05, 0.1) is 11.2 Å². The molecule has 3 aromatic rings. The van der Waals surface area contributed by atoms with Gasteiger partial charge in [-0.1, -0.05) is 0 Å². The summed E-state index contributed by atoms with van der Waals surface area (Å²) in [5, 5.41) is 3.87. The number of hydrogen-bond donors (Lipinski definition) is 2. The van der Waals surface area contributed by atoms with Gasteiger partial charge in [-0.3, -0.25) is 0 Å². The van der Waals surface area contributed by atoms with Crippen LogP contribution in [0.25, 0.3) is 10.9 Å². The molecule has 0 spiro atoms. The number of anilines is 3. The van der Waals surface area contributed by atoms with Crippen LogP contribution in [0.3, 0.4) is 0 Å². The van der Waals surface area contributed by atoms with Crippen LogP contribution in [0.15, 0.2) is 47.2 Å². The molecule has 0 fully saturated rings. The molecule has 0 atom stereocenters. The maximum Gasteiger partial charge on any atom is 0.141 e. The van der Waals surface area contributed by atoms with E-state index in [2.05, 4.69) is 31.2 Å². The quantitative estimate of drug-likeness (QED) is 0.699. The summed E-state index contributed by atoms with van der Waals surface area (Å²) in [6.45, 7) is 0. The molecule has 1 aromatic heterocycles. The van der Waals surface area contributed by atoms with Gasteiger partial charge < -0.3 is 11.1 Å². The molecular formula is C14H10BrFN4. The third-order valence-electron chi connectivity index (χ3n) is 2.84. The smallest absolute Gasteiger partial charge is 0.141 e. The second kappa shape index (κ2) is 5.05. The van der Waals surface area contributed by atoms with Crippen LogP contribution in [0.4, 0.5) is 21.6 Å². The monoisotopic (exact) mass is 332 g/mol. The lowest BCUT2D eigenvalue weighted by Crippen LogP contribution is -1.98. The van der Waals surface area contributed by atoms with Crippen molar-refractivity contribution in [1.29, 1.82) is 0 Å². The van der Waals surface area contributed by atoms with E-state index in [0.29, 0.717) is 17.2 Å². The van der Waals surface area contributed by atoms with E-state index in [-0.39, 0.29) is 5.82 Å². The van der Waals surface area contributed by atoms with E-state index >= 15 is 0 Å². The molecule has 0 saturated carbocycles. The first-order valence-corrected chi connectivity index (χ1v) is 6.65. The maximum atomic E-state index is 13.3. The van der Waals surface area contributed by atoms with Gasteiger partial charge in [-0.15, -0.1) is 0 Å². The molecule has 0 radical (unpaired) electrons. The average Bonchev–Trinajstić information content (AvgIpc) is 2.43. The van der Waals surface area contributed by atoms with Gasteiger partial charge in [0.25, 0.3) is 0 Å². The number of halogens is 2. The number of aromatic nitrogens is 2. The van der Waals surface area contributed by atoms with Crippen molar-refractivity contribution in [2.24, 2.45) is 0 Å². The number of rotatable bonds is 2. The molecule has 3 rings (SSSR count). The van der Waals surface area contributed by atoms with Crippen molar-refractivity contribution in [2.75, 3.05) is 11.1 Å². The SMILES string of the molecule is Nc1ccc2ncnc(Nc3cc(F)ccc3Br)c2c1. The predicted molar refractivity (Wildman–Crippen MR) is 81.3 cm³/mol. The van der Waals surface area contributed by atoms with E-state index in [1.165, 1.54) is 18.5 Å². The zero-order valence-electron chi connectivity index (χ0n) is 10.3. The van der Waals surface area contributed by atoms with E-state index in [4.69, 9.17) is 5.73 Å². The molecule has 20 heavy (non-hydrogen) atoms. The fourth-order valence-electron chi connectivity index (χ4n) is 1.89. The summed E-state index contributed by atoms with van der Waals surface area (Å²) in [6.07, 6.45) is 1.45.